The molecule has 0 bridgehead atoms. The molecule has 3 heterocycles. The summed E-state index contributed by atoms with van der Waals surface area (Å²) in [6, 6.07) is -0.548. The predicted octanol–water partition coefficient (Wildman–Crippen LogP) is 3.74. The van der Waals surface area contributed by atoms with E-state index >= 15 is 0 Å². The third kappa shape index (κ3) is 7.74. The number of hydrogen-bond donors (Lipinski definition) is 1. The third-order valence-corrected chi connectivity index (χ3v) is 12.4. The Kier molecular flexibility index (Phi) is 12.5. The van der Waals surface area contributed by atoms with E-state index < -0.39 is 48.4 Å². The zero-order valence-electron chi connectivity index (χ0n) is 31.6. The number of esters is 2. The molecule has 3 aliphatic carbocycles. The zero-order chi connectivity index (χ0) is 37.3. The minimum Gasteiger partial charge on any atom is -0.462 e. The molecule has 52 heavy (non-hydrogen) atoms. The van der Waals surface area contributed by atoms with Crippen LogP contribution in [-0.4, -0.2) is 108 Å². The van der Waals surface area contributed by atoms with E-state index in [1.807, 2.05) is 20.8 Å². The van der Waals surface area contributed by atoms with Gasteiger partial charge in [-0.2, -0.15) is 0 Å². The highest BCUT2D eigenvalue weighted by atomic mass is 16.7. The number of methoxy groups -OCH3 is 3. The molecule has 5 aliphatic rings. The molecule has 2 aliphatic heterocycles. The summed E-state index contributed by atoms with van der Waals surface area (Å²) in [5.41, 5.74) is 1.08. The summed E-state index contributed by atoms with van der Waals surface area (Å²) < 4.78 is 43.3. The van der Waals surface area contributed by atoms with E-state index in [4.69, 9.17) is 33.2 Å². The lowest BCUT2D eigenvalue weighted by Crippen LogP contribution is -2.59. The number of rotatable bonds is 9. The molecule has 2 saturated carbocycles. The minimum atomic E-state index is -0.976. The predicted molar refractivity (Wildman–Crippen MR) is 184 cm³/mol. The standard InChI is InChI=1S/C38H57N3O11/c1-8-23-12-10-9-11-19(2)33(44)29-15-26-25-13-24(52-38-37(48-7)36(47-6)35(46-5)20(3)50-38)14-28(25)32(34(45)31(26)27(29)16-30(43)51-23)41-17-22(39-40-41)18-49-21(4)42/h15,17,19-20,23-28,31-32,34-38,45H,8-14,16,18H2,1-7H3/t19-,20?,23+,24+,25+,26+,27-,28?,31-,32?,34?,35?,36?,37?,38?/m1/s1. The van der Waals surface area contributed by atoms with Crippen molar-refractivity contribution in [2.75, 3.05) is 21.3 Å². The molecule has 14 nitrogen and oxygen atoms in total. The number of nitrogens with zero attached hydrogens (tertiary/aromatic N) is 3. The molecule has 290 valence electrons. The number of ether oxygens (including phenoxy) is 7. The van der Waals surface area contributed by atoms with Crippen molar-refractivity contribution < 1.29 is 52.6 Å². The first-order valence-corrected chi connectivity index (χ1v) is 19.1. The number of cyclic esters (lactones) is 1. The van der Waals surface area contributed by atoms with Crippen LogP contribution in [-0.2, 0) is 54.1 Å². The number of Topliss-reactive ketones (excluding diaryl/α,β-unsaturated/α-hetero) is 1. The van der Waals surface area contributed by atoms with Crippen LogP contribution in [0, 0.1) is 35.5 Å². The molecule has 0 radical (unpaired) electrons. The number of aliphatic hydroxyl groups excluding tert-OH is 1. The van der Waals surface area contributed by atoms with Crippen molar-refractivity contribution in [3.05, 3.63) is 23.5 Å². The Morgan fingerprint density at radius 1 is 1.02 bits per heavy atom. The monoisotopic (exact) mass is 731 g/mol. The summed E-state index contributed by atoms with van der Waals surface area (Å²) in [6.07, 6.45) is 5.20. The summed E-state index contributed by atoms with van der Waals surface area (Å²) >= 11 is 0. The number of allylic oxidation sites excluding steroid dienone is 2. The molecule has 2 saturated heterocycles. The van der Waals surface area contributed by atoms with Crippen LogP contribution in [0.1, 0.15) is 90.8 Å². The third-order valence-electron chi connectivity index (χ3n) is 12.4. The van der Waals surface area contributed by atoms with Crippen LogP contribution >= 0.6 is 0 Å². The Labute approximate surface area is 306 Å². The highest BCUT2D eigenvalue weighted by Crippen LogP contribution is 2.60. The Hall–Kier alpha value is -2.75. The van der Waals surface area contributed by atoms with Crippen LogP contribution in [0.2, 0.25) is 0 Å². The highest BCUT2D eigenvalue weighted by molar-refractivity contribution is 5.98. The molecule has 14 heteroatoms. The molecule has 6 rings (SSSR count). The number of hydrogen-bond acceptors (Lipinski definition) is 13. The van der Waals surface area contributed by atoms with Gasteiger partial charge < -0.3 is 38.3 Å². The first-order chi connectivity index (χ1) is 25.0. The zero-order valence-corrected chi connectivity index (χ0v) is 31.6. The number of carbonyl (C=O) groups is 3. The van der Waals surface area contributed by atoms with Gasteiger partial charge in [-0.25, -0.2) is 4.68 Å². The van der Waals surface area contributed by atoms with E-state index in [9.17, 15) is 19.5 Å². The quantitative estimate of drug-likeness (QED) is 0.366. The Bertz CT molecular complexity index is 1450. The van der Waals surface area contributed by atoms with E-state index in [-0.39, 0.29) is 72.9 Å². The van der Waals surface area contributed by atoms with Gasteiger partial charge in [0.15, 0.2) is 12.1 Å². The molecular formula is C38H57N3O11. The second kappa shape index (κ2) is 16.7. The first kappa shape index (κ1) is 39.0. The van der Waals surface area contributed by atoms with Gasteiger partial charge in [0.2, 0.25) is 0 Å². The molecule has 1 aromatic heterocycles. The van der Waals surface area contributed by atoms with Gasteiger partial charge >= 0.3 is 11.9 Å². The summed E-state index contributed by atoms with van der Waals surface area (Å²) in [5.74, 6) is -2.22. The van der Waals surface area contributed by atoms with E-state index in [2.05, 4.69) is 16.4 Å². The van der Waals surface area contributed by atoms with Crippen molar-refractivity contribution in [1.29, 1.82) is 0 Å². The molecule has 0 spiro atoms. The minimum absolute atomic E-state index is 0.0144. The molecule has 0 aromatic carbocycles. The van der Waals surface area contributed by atoms with Crippen LogP contribution in [0.25, 0.3) is 0 Å². The number of carbonyl (C=O) groups excluding carboxylic acids is 3. The average molecular weight is 732 g/mol. The van der Waals surface area contributed by atoms with Crippen LogP contribution in [0.4, 0.5) is 0 Å². The van der Waals surface area contributed by atoms with E-state index in [1.54, 1.807) is 32.2 Å². The first-order valence-electron chi connectivity index (χ1n) is 19.1. The van der Waals surface area contributed by atoms with Crippen LogP contribution in [0.5, 0.6) is 0 Å². The van der Waals surface area contributed by atoms with Gasteiger partial charge in [0, 0.05) is 46.0 Å². The number of aromatic nitrogens is 3. The summed E-state index contributed by atoms with van der Waals surface area (Å²) in [5, 5.41) is 21.2. The van der Waals surface area contributed by atoms with Crippen molar-refractivity contribution in [2.45, 2.75) is 141 Å². The maximum atomic E-state index is 14.2. The van der Waals surface area contributed by atoms with Crippen LogP contribution in [0.15, 0.2) is 17.8 Å². The molecule has 8 unspecified atom stereocenters. The lowest BCUT2D eigenvalue weighted by Gasteiger charge is -2.46. The number of aliphatic hydroxyl groups is 1. The number of ketones is 1. The fourth-order valence-corrected chi connectivity index (χ4v) is 9.95. The molecule has 1 N–H and O–H groups in total. The van der Waals surface area contributed by atoms with Gasteiger partial charge in [0.1, 0.15) is 36.7 Å². The van der Waals surface area contributed by atoms with Crippen molar-refractivity contribution in [2.24, 2.45) is 35.5 Å². The summed E-state index contributed by atoms with van der Waals surface area (Å²) in [6.45, 7) is 7.20. The van der Waals surface area contributed by atoms with E-state index in [0.717, 1.165) is 32.1 Å². The fraction of sp³-hybridized carbons (Fsp3) is 0.816. The van der Waals surface area contributed by atoms with E-state index in [0.29, 0.717) is 24.1 Å². The second-order valence-corrected chi connectivity index (χ2v) is 15.5. The average Bonchev–Trinajstić information content (AvgIpc) is 3.85. The largest absolute Gasteiger partial charge is 0.462 e. The molecule has 15 atom stereocenters. The number of fused-ring (bicyclic) bond motifs is 5. The van der Waals surface area contributed by atoms with Gasteiger partial charge in [0.05, 0.1) is 37.0 Å². The maximum Gasteiger partial charge on any atom is 0.306 e. The molecular weight excluding hydrogens is 674 g/mol. The summed E-state index contributed by atoms with van der Waals surface area (Å²) in [7, 11) is 4.83. The SMILES string of the molecule is CC[C@H]1CCCC[C@@H](C)C(=O)C2=C[C@@H]3[C@@H](C(O)C(n4cc(COC(C)=O)nn4)C4C[C@@H](OC5OC(C)C(OC)C(OC)C5OC)C[C@H]43)[C@@H]2CC(=O)O1. The van der Waals surface area contributed by atoms with Gasteiger partial charge in [-0.1, -0.05) is 31.6 Å². The van der Waals surface area contributed by atoms with Crippen molar-refractivity contribution in [1.82, 2.24) is 15.0 Å². The van der Waals surface area contributed by atoms with Crippen molar-refractivity contribution in [3.8, 4) is 0 Å². The van der Waals surface area contributed by atoms with Crippen molar-refractivity contribution in [3.63, 3.8) is 0 Å². The lowest BCUT2D eigenvalue weighted by molar-refractivity contribution is -0.314. The topological polar surface area (TPSA) is 167 Å². The van der Waals surface area contributed by atoms with Gasteiger partial charge in [-0.15, -0.1) is 5.10 Å². The Morgan fingerprint density at radius 2 is 1.73 bits per heavy atom. The second-order valence-electron chi connectivity index (χ2n) is 15.5. The summed E-state index contributed by atoms with van der Waals surface area (Å²) in [4.78, 5) is 39.3. The molecule has 0 amide bonds. The molecule has 1 aromatic rings. The fourth-order valence-electron chi connectivity index (χ4n) is 9.95. The highest BCUT2D eigenvalue weighted by Gasteiger charge is 2.60. The molecule has 4 fully saturated rings. The van der Waals surface area contributed by atoms with E-state index in [1.165, 1.54) is 6.92 Å². The Morgan fingerprint density at radius 3 is 2.42 bits per heavy atom. The smallest absolute Gasteiger partial charge is 0.306 e. The van der Waals surface area contributed by atoms with Crippen LogP contribution < -0.4 is 0 Å². The maximum absolute atomic E-state index is 14.2. The Balaban J connectivity index is 1.34. The van der Waals surface area contributed by atoms with Crippen molar-refractivity contribution >= 4 is 17.7 Å². The van der Waals surface area contributed by atoms with Gasteiger partial charge in [0.25, 0.3) is 0 Å². The lowest BCUT2D eigenvalue weighted by atomic mass is 9.62. The normalized spacial score (nSPS) is 41.2. The van der Waals surface area contributed by atoms with Gasteiger partial charge in [-0.05, 0) is 68.8 Å². The van der Waals surface area contributed by atoms with Crippen LogP contribution in [0.3, 0.4) is 0 Å². The van der Waals surface area contributed by atoms with Gasteiger partial charge in [-0.3, -0.25) is 14.4 Å².